The highest BCUT2D eigenvalue weighted by molar-refractivity contribution is 5.83. The normalized spacial score (nSPS) is 9.30. The van der Waals surface area contributed by atoms with E-state index in [0.717, 1.165) is 0 Å². The van der Waals surface area contributed by atoms with E-state index in [9.17, 15) is 4.79 Å². The van der Waals surface area contributed by atoms with Crippen molar-refractivity contribution in [3.63, 3.8) is 0 Å². The van der Waals surface area contributed by atoms with Gasteiger partial charge in [-0.25, -0.2) is 9.66 Å². The third kappa shape index (κ3) is 1.58. The summed E-state index contributed by atoms with van der Waals surface area (Å²) in [7, 11) is 0. The van der Waals surface area contributed by atoms with Gasteiger partial charge in [0.25, 0.3) is 0 Å². The number of hydrogen-bond donors (Lipinski definition) is 1. The van der Waals surface area contributed by atoms with Crippen molar-refractivity contribution in [2.75, 3.05) is 5.43 Å². The Morgan fingerprint density at radius 2 is 2.60 bits per heavy atom. The van der Waals surface area contributed by atoms with Crippen molar-refractivity contribution in [3.05, 3.63) is 18.7 Å². The fourth-order valence-corrected chi connectivity index (χ4v) is 0.548. The highest BCUT2D eigenvalue weighted by Gasteiger charge is 1.94. The lowest BCUT2D eigenvalue weighted by molar-refractivity contribution is -0.116. The predicted octanol–water partition coefficient (Wildman–Crippen LogP) is 0.363. The minimum Gasteiger partial charge on any atom is -0.273 e. The molecule has 54 valence electrons. The zero-order chi connectivity index (χ0) is 7.40. The van der Waals surface area contributed by atoms with E-state index in [1.165, 1.54) is 11.0 Å². The van der Waals surface area contributed by atoms with Gasteiger partial charge in [-0.1, -0.05) is 6.92 Å². The first-order chi connectivity index (χ1) is 4.83. The molecule has 1 amide bonds. The Hall–Kier alpha value is -1.32. The van der Waals surface area contributed by atoms with Crippen molar-refractivity contribution in [3.8, 4) is 0 Å². The van der Waals surface area contributed by atoms with Crippen LogP contribution in [0.5, 0.6) is 0 Å². The number of carbonyl (C=O) groups excluding carboxylic acids is 1. The Morgan fingerprint density at radius 3 is 3.10 bits per heavy atom. The van der Waals surface area contributed by atoms with Crippen molar-refractivity contribution < 1.29 is 4.79 Å². The Bertz CT molecular complexity index is 205. The Labute approximate surface area is 58.8 Å². The molecule has 0 saturated carbocycles. The van der Waals surface area contributed by atoms with Gasteiger partial charge in [-0.15, -0.1) is 0 Å². The standard InChI is InChI=1S/C6H9N3O/c1-2-6(10)8-9-4-3-7-5-9/h3-5H,2H2,1H3,(H,8,10). The summed E-state index contributed by atoms with van der Waals surface area (Å²) in [6, 6.07) is 0. The summed E-state index contributed by atoms with van der Waals surface area (Å²) in [5.74, 6) is -0.0157. The van der Waals surface area contributed by atoms with Crippen LogP contribution in [0, 0.1) is 0 Å². The topological polar surface area (TPSA) is 46.9 Å². The molecule has 1 aromatic rings. The van der Waals surface area contributed by atoms with Crippen LogP contribution in [0.1, 0.15) is 13.3 Å². The van der Waals surface area contributed by atoms with E-state index in [1.807, 2.05) is 0 Å². The van der Waals surface area contributed by atoms with Gasteiger partial charge in [0.2, 0.25) is 5.91 Å². The molecule has 0 aliphatic carbocycles. The molecule has 0 unspecified atom stereocenters. The van der Waals surface area contributed by atoms with Gasteiger partial charge in [0.15, 0.2) is 0 Å². The average molecular weight is 139 g/mol. The molecule has 0 fully saturated rings. The molecule has 1 heterocycles. The summed E-state index contributed by atoms with van der Waals surface area (Å²) in [5.41, 5.74) is 2.59. The van der Waals surface area contributed by atoms with Gasteiger partial charge in [-0.05, 0) is 0 Å². The van der Waals surface area contributed by atoms with Crippen LogP contribution >= 0.6 is 0 Å². The van der Waals surface area contributed by atoms with Gasteiger partial charge in [-0.3, -0.25) is 10.2 Å². The summed E-state index contributed by atoms with van der Waals surface area (Å²) >= 11 is 0. The predicted molar refractivity (Wildman–Crippen MR) is 36.9 cm³/mol. The smallest absolute Gasteiger partial charge is 0.238 e. The summed E-state index contributed by atoms with van der Waals surface area (Å²) in [4.78, 5) is 14.5. The molecule has 0 spiro atoms. The van der Waals surface area contributed by atoms with Gasteiger partial charge in [-0.2, -0.15) is 0 Å². The van der Waals surface area contributed by atoms with Gasteiger partial charge in [0.1, 0.15) is 6.33 Å². The van der Waals surface area contributed by atoms with Gasteiger partial charge < -0.3 is 0 Å². The highest BCUT2D eigenvalue weighted by Crippen LogP contribution is 1.82. The monoisotopic (exact) mass is 139 g/mol. The number of nitrogens with one attached hydrogen (secondary N) is 1. The number of imidazole rings is 1. The minimum atomic E-state index is -0.0157. The van der Waals surface area contributed by atoms with Crippen molar-refractivity contribution in [1.29, 1.82) is 0 Å². The quantitative estimate of drug-likeness (QED) is 0.643. The lowest BCUT2D eigenvalue weighted by Gasteiger charge is -2.00. The van der Waals surface area contributed by atoms with E-state index in [1.54, 1.807) is 19.3 Å². The third-order valence-corrected chi connectivity index (χ3v) is 1.08. The number of aromatic nitrogens is 2. The lowest BCUT2D eigenvalue weighted by Crippen LogP contribution is -2.19. The first-order valence-corrected chi connectivity index (χ1v) is 3.10. The number of carbonyl (C=O) groups is 1. The van der Waals surface area contributed by atoms with E-state index in [2.05, 4.69) is 10.4 Å². The fraction of sp³-hybridized carbons (Fsp3) is 0.333. The molecule has 0 aromatic carbocycles. The van der Waals surface area contributed by atoms with Crippen LogP contribution in [0.4, 0.5) is 0 Å². The molecule has 1 N–H and O–H groups in total. The van der Waals surface area contributed by atoms with E-state index in [0.29, 0.717) is 6.42 Å². The number of amides is 1. The van der Waals surface area contributed by atoms with E-state index in [-0.39, 0.29) is 5.91 Å². The van der Waals surface area contributed by atoms with Crippen LogP contribution in [0.25, 0.3) is 0 Å². The van der Waals surface area contributed by atoms with Crippen molar-refractivity contribution >= 4 is 5.91 Å². The van der Waals surface area contributed by atoms with Crippen LogP contribution in [-0.2, 0) is 4.79 Å². The molecular weight excluding hydrogens is 130 g/mol. The SMILES string of the molecule is CCC(=O)Nn1ccnc1. The first kappa shape index (κ1) is 6.80. The molecule has 4 nitrogen and oxygen atoms in total. The Morgan fingerprint density at radius 1 is 1.80 bits per heavy atom. The highest BCUT2D eigenvalue weighted by atomic mass is 16.2. The summed E-state index contributed by atoms with van der Waals surface area (Å²) in [5, 5.41) is 0. The van der Waals surface area contributed by atoms with Gasteiger partial charge >= 0.3 is 0 Å². The van der Waals surface area contributed by atoms with Crippen LogP contribution in [0.3, 0.4) is 0 Å². The molecule has 0 radical (unpaired) electrons. The second kappa shape index (κ2) is 3.00. The van der Waals surface area contributed by atoms with Gasteiger partial charge in [0, 0.05) is 18.8 Å². The van der Waals surface area contributed by atoms with E-state index in [4.69, 9.17) is 0 Å². The van der Waals surface area contributed by atoms with Gasteiger partial charge in [0.05, 0.1) is 0 Å². The van der Waals surface area contributed by atoms with Crippen molar-refractivity contribution in [2.24, 2.45) is 0 Å². The largest absolute Gasteiger partial charge is 0.273 e. The molecular formula is C6H9N3O. The number of nitrogens with zero attached hydrogens (tertiary/aromatic N) is 2. The fourth-order valence-electron chi connectivity index (χ4n) is 0.548. The maximum absolute atomic E-state index is 10.7. The van der Waals surface area contributed by atoms with Crippen molar-refractivity contribution in [2.45, 2.75) is 13.3 Å². The zero-order valence-electron chi connectivity index (χ0n) is 5.74. The molecule has 4 heteroatoms. The van der Waals surface area contributed by atoms with Crippen LogP contribution in [0.2, 0.25) is 0 Å². The first-order valence-electron chi connectivity index (χ1n) is 3.10. The summed E-state index contributed by atoms with van der Waals surface area (Å²) in [6.45, 7) is 1.80. The Balaban J connectivity index is 2.48. The second-order valence-corrected chi connectivity index (χ2v) is 1.86. The molecule has 0 bridgehead atoms. The molecule has 1 rings (SSSR count). The molecule has 0 aliphatic heterocycles. The second-order valence-electron chi connectivity index (χ2n) is 1.86. The summed E-state index contributed by atoms with van der Waals surface area (Å²) < 4.78 is 1.52. The molecule has 0 atom stereocenters. The Kier molecular flexibility index (Phi) is 2.04. The van der Waals surface area contributed by atoms with Crippen LogP contribution < -0.4 is 5.43 Å². The third-order valence-electron chi connectivity index (χ3n) is 1.08. The maximum atomic E-state index is 10.7. The van der Waals surface area contributed by atoms with E-state index < -0.39 is 0 Å². The average Bonchev–Trinajstić information content (AvgIpc) is 2.40. The number of hydrogen-bond acceptors (Lipinski definition) is 2. The molecule has 10 heavy (non-hydrogen) atoms. The maximum Gasteiger partial charge on any atom is 0.238 e. The minimum absolute atomic E-state index is 0.0157. The zero-order valence-corrected chi connectivity index (χ0v) is 5.74. The molecule has 1 aromatic heterocycles. The van der Waals surface area contributed by atoms with Crippen LogP contribution in [0.15, 0.2) is 18.7 Å². The van der Waals surface area contributed by atoms with Crippen molar-refractivity contribution in [1.82, 2.24) is 9.66 Å². The number of rotatable bonds is 2. The van der Waals surface area contributed by atoms with Crippen LogP contribution in [-0.4, -0.2) is 15.6 Å². The summed E-state index contributed by atoms with van der Waals surface area (Å²) in [6.07, 6.45) is 5.30. The molecule has 0 aliphatic rings. The molecule has 0 saturated heterocycles. The lowest BCUT2D eigenvalue weighted by atomic mass is 10.5. The van der Waals surface area contributed by atoms with E-state index >= 15 is 0 Å².